The first-order valence-corrected chi connectivity index (χ1v) is 7.82. The number of hydrogen-bond acceptors (Lipinski definition) is 1. The Morgan fingerprint density at radius 3 is 2.48 bits per heavy atom. The van der Waals surface area contributed by atoms with E-state index in [2.05, 4.69) is 11.6 Å². The van der Waals surface area contributed by atoms with E-state index in [1.807, 2.05) is 6.07 Å². The van der Waals surface area contributed by atoms with E-state index < -0.39 is 0 Å². The van der Waals surface area contributed by atoms with Crippen LogP contribution in [-0.4, -0.2) is 9.36 Å². The van der Waals surface area contributed by atoms with Crippen LogP contribution in [0.4, 0.5) is 4.39 Å². The van der Waals surface area contributed by atoms with Gasteiger partial charge in [-0.3, -0.25) is 9.48 Å². The molecular weight excluding hydrogens is 267 g/mol. The van der Waals surface area contributed by atoms with Gasteiger partial charge in [-0.1, -0.05) is 6.07 Å². The molecular formula is C17H19FN2O. The fourth-order valence-corrected chi connectivity index (χ4v) is 3.30. The summed E-state index contributed by atoms with van der Waals surface area (Å²) in [6.07, 6.45) is 4.58. The topological polar surface area (TPSA) is 26.9 Å². The molecule has 4 rings (SSSR count). The fourth-order valence-electron chi connectivity index (χ4n) is 3.30. The van der Waals surface area contributed by atoms with Crippen LogP contribution >= 0.6 is 0 Å². The second kappa shape index (κ2) is 4.58. The van der Waals surface area contributed by atoms with Crippen molar-refractivity contribution in [3.8, 4) is 5.69 Å². The van der Waals surface area contributed by atoms with Crippen molar-refractivity contribution < 1.29 is 4.39 Å². The highest BCUT2D eigenvalue weighted by molar-refractivity contribution is 5.39. The molecule has 21 heavy (non-hydrogen) atoms. The average Bonchev–Trinajstić information content (AvgIpc) is 3.35. The van der Waals surface area contributed by atoms with Crippen LogP contribution < -0.4 is 5.56 Å². The molecule has 0 amide bonds. The lowest BCUT2D eigenvalue weighted by atomic mass is 10.1. The Morgan fingerprint density at radius 2 is 1.90 bits per heavy atom. The van der Waals surface area contributed by atoms with E-state index in [-0.39, 0.29) is 11.4 Å². The van der Waals surface area contributed by atoms with E-state index in [1.165, 1.54) is 30.7 Å². The lowest BCUT2D eigenvalue weighted by molar-refractivity contribution is 0.544. The molecule has 2 aromatic rings. The summed E-state index contributed by atoms with van der Waals surface area (Å²) in [5.74, 6) is 0.660. The van der Waals surface area contributed by atoms with E-state index in [9.17, 15) is 9.18 Å². The molecule has 0 N–H and O–H groups in total. The van der Waals surface area contributed by atoms with Crippen molar-refractivity contribution in [2.45, 2.75) is 51.0 Å². The van der Waals surface area contributed by atoms with Gasteiger partial charge in [-0.15, -0.1) is 0 Å². The average molecular weight is 286 g/mol. The normalized spacial score (nSPS) is 18.2. The molecule has 1 heterocycles. The molecule has 3 nitrogen and oxygen atoms in total. The minimum atomic E-state index is -0.302. The van der Waals surface area contributed by atoms with Gasteiger partial charge in [0.2, 0.25) is 0 Å². The molecule has 1 aromatic carbocycles. The molecule has 2 fully saturated rings. The molecule has 0 spiro atoms. The first-order chi connectivity index (χ1) is 10.2. The van der Waals surface area contributed by atoms with E-state index in [4.69, 9.17) is 0 Å². The molecule has 0 aliphatic heterocycles. The smallest absolute Gasteiger partial charge is 0.275 e. The van der Waals surface area contributed by atoms with Crippen LogP contribution in [0, 0.1) is 5.82 Å². The van der Waals surface area contributed by atoms with Crippen molar-refractivity contribution in [2.24, 2.45) is 0 Å². The van der Waals surface area contributed by atoms with Crippen molar-refractivity contribution in [1.29, 1.82) is 0 Å². The van der Waals surface area contributed by atoms with Crippen LogP contribution in [0.3, 0.4) is 0 Å². The van der Waals surface area contributed by atoms with Crippen molar-refractivity contribution in [1.82, 2.24) is 9.36 Å². The summed E-state index contributed by atoms with van der Waals surface area (Å²) < 4.78 is 17.3. The summed E-state index contributed by atoms with van der Waals surface area (Å²) in [6.45, 7) is 2.79. The maximum Gasteiger partial charge on any atom is 0.275 e. The Hall–Kier alpha value is -1.84. The van der Waals surface area contributed by atoms with Crippen LogP contribution in [0.1, 0.15) is 55.7 Å². The van der Waals surface area contributed by atoms with Gasteiger partial charge in [-0.2, -0.15) is 0 Å². The second-order valence-electron chi connectivity index (χ2n) is 6.16. The Morgan fingerprint density at radius 1 is 1.19 bits per heavy atom. The maximum atomic E-state index is 13.5. The largest absolute Gasteiger partial charge is 0.282 e. The van der Waals surface area contributed by atoms with Crippen molar-refractivity contribution >= 4 is 0 Å². The van der Waals surface area contributed by atoms with Crippen LogP contribution in [0.2, 0.25) is 0 Å². The molecule has 2 aliphatic rings. The molecule has 0 atom stereocenters. The second-order valence-corrected chi connectivity index (χ2v) is 6.16. The van der Waals surface area contributed by atoms with Crippen LogP contribution in [0.15, 0.2) is 29.1 Å². The summed E-state index contributed by atoms with van der Waals surface area (Å²) in [5, 5.41) is 0. The third-order valence-electron chi connectivity index (χ3n) is 4.52. The Kier molecular flexibility index (Phi) is 2.81. The zero-order chi connectivity index (χ0) is 14.6. The Bertz CT molecular complexity index is 751. The number of halogens is 1. The van der Waals surface area contributed by atoms with Gasteiger partial charge in [0.15, 0.2) is 0 Å². The van der Waals surface area contributed by atoms with E-state index >= 15 is 0 Å². The number of benzene rings is 1. The summed E-state index contributed by atoms with van der Waals surface area (Å²) in [7, 11) is 0. The lowest BCUT2D eigenvalue weighted by Gasteiger charge is -2.13. The fraction of sp³-hybridized carbons (Fsp3) is 0.471. The Labute approximate surface area is 123 Å². The first kappa shape index (κ1) is 12.9. The molecule has 0 radical (unpaired) electrons. The van der Waals surface area contributed by atoms with Gasteiger partial charge in [0.25, 0.3) is 5.56 Å². The molecule has 2 aliphatic carbocycles. The van der Waals surface area contributed by atoms with Gasteiger partial charge >= 0.3 is 0 Å². The molecule has 0 saturated heterocycles. The van der Waals surface area contributed by atoms with Crippen LogP contribution in [0.25, 0.3) is 5.69 Å². The maximum absolute atomic E-state index is 13.5. The zero-order valence-corrected chi connectivity index (χ0v) is 12.2. The lowest BCUT2D eigenvalue weighted by Crippen LogP contribution is -2.22. The number of hydrogen-bond donors (Lipinski definition) is 0. The minimum absolute atomic E-state index is 0.0619. The third kappa shape index (κ3) is 2.04. The van der Waals surface area contributed by atoms with E-state index in [0.29, 0.717) is 17.5 Å². The van der Waals surface area contributed by atoms with Crippen LogP contribution in [-0.2, 0) is 6.54 Å². The molecule has 4 heteroatoms. The van der Waals surface area contributed by atoms with Gasteiger partial charge in [0.05, 0.1) is 5.69 Å². The quantitative estimate of drug-likeness (QED) is 0.844. The third-order valence-corrected chi connectivity index (χ3v) is 4.52. The van der Waals surface area contributed by atoms with Gasteiger partial charge < -0.3 is 0 Å². The molecule has 1 aromatic heterocycles. The van der Waals surface area contributed by atoms with Gasteiger partial charge in [0.1, 0.15) is 5.82 Å². The number of rotatable bonds is 4. The minimum Gasteiger partial charge on any atom is -0.282 e. The standard InChI is InChI=1S/C17H19FN2O/c1-2-19-16(12-8-9-12)15(11-6-7-11)17(21)20(19)14-5-3-4-13(18)10-14/h3-5,10-12H,2,6-9H2,1H3. The van der Waals surface area contributed by atoms with Gasteiger partial charge in [-0.25, -0.2) is 9.07 Å². The molecule has 0 bridgehead atoms. The highest BCUT2D eigenvalue weighted by Gasteiger charge is 2.39. The SMILES string of the molecule is CCn1c(C2CC2)c(C2CC2)c(=O)n1-c1cccc(F)c1. The zero-order valence-electron chi connectivity index (χ0n) is 12.2. The Balaban J connectivity index is 1.98. The highest BCUT2D eigenvalue weighted by Crippen LogP contribution is 2.48. The number of nitrogens with zero attached hydrogens (tertiary/aromatic N) is 2. The monoisotopic (exact) mass is 286 g/mol. The molecule has 2 saturated carbocycles. The summed E-state index contributed by atoms with van der Waals surface area (Å²) in [4.78, 5) is 12.9. The predicted octanol–water partition coefficient (Wildman–Crippen LogP) is 3.55. The summed E-state index contributed by atoms with van der Waals surface area (Å²) in [6, 6.07) is 6.33. The van der Waals surface area contributed by atoms with Crippen molar-refractivity contribution in [3.05, 3.63) is 51.7 Å². The molecule has 110 valence electrons. The van der Waals surface area contributed by atoms with E-state index in [0.717, 1.165) is 24.9 Å². The van der Waals surface area contributed by atoms with Gasteiger partial charge in [0, 0.05) is 23.7 Å². The predicted molar refractivity (Wildman–Crippen MR) is 79.6 cm³/mol. The summed E-state index contributed by atoms with van der Waals surface area (Å²) in [5.41, 5.74) is 2.92. The van der Waals surface area contributed by atoms with E-state index in [1.54, 1.807) is 10.7 Å². The van der Waals surface area contributed by atoms with Crippen molar-refractivity contribution in [3.63, 3.8) is 0 Å². The van der Waals surface area contributed by atoms with Gasteiger partial charge in [-0.05, 0) is 56.7 Å². The van der Waals surface area contributed by atoms with Crippen molar-refractivity contribution in [2.75, 3.05) is 0 Å². The number of aromatic nitrogens is 2. The first-order valence-electron chi connectivity index (χ1n) is 7.82. The van der Waals surface area contributed by atoms with Crippen LogP contribution in [0.5, 0.6) is 0 Å². The molecule has 0 unspecified atom stereocenters. The highest BCUT2D eigenvalue weighted by atomic mass is 19.1. The summed E-state index contributed by atoms with van der Waals surface area (Å²) >= 11 is 0.